The first-order valence-electron chi connectivity index (χ1n) is 6.28. The van der Waals surface area contributed by atoms with Gasteiger partial charge in [0.2, 0.25) is 0 Å². The van der Waals surface area contributed by atoms with Crippen molar-refractivity contribution in [1.82, 2.24) is 0 Å². The van der Waals surface area contributed by atoms with Gasteiger partial charge in [0.05, 0.1) is 16.3 Å². The summed E-state index contributed by atoms with van der Waals surface area (Å²) in [5.74, 6) is 0. The highest BCUT2D eigenvalue weighted by molar-refractivity contribution is 7.92. The van der Waals surface area contributed by atoms with Gasteiger partial charge >= 0.3 is 0 Å². The number of aliphatic hydroxyl groups is 1. The zero-order valence-corrected chi connectivity index (χ0v) is 13.3. The summed E-state index contributed by atoms with van der Waals surface area (Å²) in [5, 5.41) is 20.2. The monoisotopic (exact) mass is 316 g/mol. The Labute approximate surface area is 124 Å². The number of hydrogen-bond acceptors (Lipinski definition) is 6. The molecular weight excluding hydrogens is 296 g/mol. The Bertz CT molecular complexity index is 640. The molecule has 1 aromatic carbocycles. The topological polar surface area (TPSA) is 101 Å². The van der Waals surface area contributed by atoms with Gasteiger partial charge in [0.1, 0.15) is 5.69 Å². The molecule has 0 radical (unpaired) electrons. The largest absolute Gasteiger partial charge is 0.392 e. The zero-order valence-electron chi connectivity index (χ0n) is 12.5. The van der Waals surface area contributed by atoms with Gasteiger partial charge in [-0.3, -0.25) is 10.1 Å². The Hall–Kier alpha value is -1.67. The van der Waals surface area contributed by atoms with Gasteiger partial charge in [0.25, 0.3) is 5.69 Å². The first-order valence-corrected chi connectivity index (χ1v) is 8.17. The Morgan fingerprint density at radius 3 is 2.38 bits per heavy atom. The molecule has 0 fully saturated rings. The van der Waals surface area contributed by atoms with Crippen molar-refractivity contribution in [2.75, 3.05) is 24.7 Å². The second-order valence-corrected chi connectivity index (χ2v) is 8.28. The molecule has 21 heavy (non-hydrogen) atoms. The van der Waals surface area contributed by atoms with Gasteiger partial charge < -0.3 is 10.0 Å². The van der Waals surface area contributed by atoms with Crippen LogP contribution in [0.3, 0.4) is 0 Å². The summed E-state index contributed by atoms with van der Waals surface area (Å²) in [6, 6.07) is 4.28. The molecule has 8 heteroatoms. The van der Waals surface area contributed by atoms with E-state index in [4.69, 9.17) is 5.11 Å². The van der Waals surface area contributed by atoms with Crippen LogP contribution in [0.5, 0.6) is 0 Å². The van der Waals surface area contributed by atoms with Gasteiger partial charge in [-0.15, -0.1) is 0 Å². The van der Waals surface area contributed by atoms with E-state index in [1.807, 2.05) is 0 Å². The quantitative estimate of drug-likeness (QED) is 0.628. The van der Waals surface area contributed by atoms with Crippen LogP contribution in [-0.4, -0.2) is 43.0 Å². The predicted molar refractivity (Wildman–Crippen MR) is 81.2 cm³/mol. The average molecular weight is 316 g/mol. The lowest BCUT2D eigenvalue weighted by Crippen LogP contribution is -2.42. The van der Waals surface area contributed by atoms with Crippen molar-refractivity contribution in [3.05, 3.63) is 33.9 Å². The normalized spacial score (nSPS) is 12.2. The van der Waals surface area contributed by atoms with Crippen molar-refractivity contribution in [3.8, 4) is 0 Å². The Kier molecular flexibility index (Phi) is 4.95. The van der Waals surface area contributed by atoms with Crippen molar-refractivity contribution < 1.29 is 18.4 Å². The van der Waals surface area contributed by atoms with Crippen LogP contribution < -0.4 is 4.90 Å². The highest BCUT2D eigenvalue weighted by atomic mass is 32.2. The number of nitrogens with zero attached hydrogens (tertiary/aromatic N) is 2. The molecule has 1 N–H and O–H groups in total. The minimum Gasteiger partial charge on any atom is -0.392 e. The van der Waals surface area contributed by atoms with Crippen LogP contribution in [0.25, 0.3) is 0 Å². The van der Waals surface area contributed by atoms with Gasteiger partial charge in [-0.1, -0.05) is 0 Å². The average Bonchev–Trinajstić information content (AvgIpc) is 2.35. The first kappa shape index (κ1) is 17.4. The molecule has 0 saturated heterocycles. The van der Waals surface area contributed by atoms with E-state index in [0.717, 1.165) is 6.26 Å². The van der Waals surface area contributed by atoms with Gasteiger partial charge in [0.15, 0.2) is 9.84 Å². The Morgan fingerprint density at radius 2 is 1.95 bits per heavy atom. The lowest BCUT2D eigenvalue weighted by atomic mass is 10.1. The first-order chi connectivity index (χ1) is 9.49. The number of anilines is 1. The molecule has 7 nitrogen and oxygen atoms in total. The molecule has 0 heterocycles. The maximum Gasteiger partial charge on any atom is 0.292 e. The van der Waals surface area contributed by atoms with E-state index in [2.05, 4.69) is 0 Å². The van der Waals surface area contributed by atoms with Crippen LogP contribution in [0, 0.1) is 10.1 Å². The van der Waals surface area contributed by atoms with Crippen molar-refractivity contribution in [2.45, 2.75) is 25.2 Å². The van der Waals surface area contributed by atoms with Gasteiger partial charge in [-0.2, -0.15) is 0 Å². The SMILES string of the molecule is CN(CC(C)(C)S(C)(=O)=O)c1cc(CO)ccc1[N+](=O)[O-]. The van der Waals surface area contributed by atoms with Crippen LogP contribution in [0.15, 0.2) is 18.2 Å². The van der Waals surface area contributed by atoms with E-state index in [-0.39, 0.29) is 24.5 Å². The number of hydrogen-bond donors (Lipinski definition) is 1. The fourth-order valence-electron chi connectivity index (χ4n) is 1.90. The summed E-state index contributed by atoms with van der Waals surface area (Å²) in [4.78, 5) is 12.1. The summed E-state index contributed by atoms with van der Waals surface area (Å²) >= 11 is 0. The fraction of sp³-hybridized carbons (Fsp3) is 0.538. The standard InChI is InChI=1S/C13H20N2O5S/c1-13(2,21(4,19)20)9-14(3)12-7-10(8-16)5-6-11(12)15(17)18/h5-7,16H,8-9H2,1-4H3. The lowest BCUT2D eigenvalue weighted by molar-refractivity contribution is -0.384. The molecule has 0 spiro atoms. The van der Waals surface area contributed by atoms with Crippen molar-refractivity contribution >= 4 is 21.2 Å². The molecule has 0 unspecified atom stereocenters. The smallest absolute Gasteiger partial charge is 0.292 e. The van der Waals surface area contributed by atoms with Crippen molar-refractivity contribution in [3.63, 3.8) is 0 Å². The molecule has 0 aliphatic carbocycles. The minimum atomic E-state index is -3.32. The summed E-state index contributed by atoms with van der Waals surface area (Å²) < 4.78 is 22.5. The number of rotatable bonds is 6. The third-order valence-corrected chi connectivity index (χ3v) is 5.59. The number of aliphatic hydroxyl groups excluding tert-OH is 1. The molecule has 0 atom stereocenters. The van der Waals surface area contributed by atoms with Crippen molar-refractivity contribution in [2.24, 2.45) is 0 Å². The Morgan fingerprint density at radius 1 is 1.38 bits per heavy atom. The van der Waals surface area contributed by atoms with E-state index >= 15 is 0 Å². The molecule has 0 aliphatic heterocycles. The molecule has 0 aliphatic rings. The summed E-state index contributed by atoms with van der Waals surface area (Å²) in [5.41, 5.74) is 0.682. The highest BCUT2D eigenvalue weighted by Gasteiger charge is 2.33. The predicted octanol–water partition coefficient (Wildman–Crippen LogP) is 1.35. The van der Waals surface area contributed by atoms with Crippen LogP contribution in [0.1, 0.15) is 19.4 Å². The zero-order chi connectivity index (χ0) is 16.4. The third-order valence-electron chi connectivity index (χ3n) is 3.45. The molecule has 1 aromatic rings. The molecule has 0 amide bonds. The third kappa shape index (κ3) is 3.92. The highest BCUT2D eigenvalue weighted by Crippen LogP contribution is 2.30. The van der Waals surface area contributed by atoms with E-state index < -0.39 is 19.5 Å². The fourth-order valence-corrected chi connectivity index (χ4v) is 2.33. The molecule has 118 valence electrons. The van der Waals surface area contributed by atoms with Crippen LogP contribution in [0.2, 0.25) is 0 Å². The van der Waals surface area contributed by atoms with E-state index in [0.29, 0.717) is 5.56 Å². The number of benzene rings is 1. The van der Waals surface area contributed by atoms with E-state index in [9.17, 15) is 18.5 Å². The molecule has 0 bridgehead atoms. The van der Waals surface area contributed by atoms with E-state index in [1.165, 1.54) is 23.1 Å². The number of nitro benzene ring substituents is 1. The van der Waals surface area contributed by atoms with Crippen LogP contribution >= 0.6 is 0 Å². The van der Waals surface area contributed by atoms with Gasteiger partial charge in [0, 0.05) is 25.9 Å². The van der Waals surface area contributed by atoms with Gasteiger partial charge in [-0.25, -0.2) is 8.42 Å². The molecular formula is C13H20N2O5S. The molecule has 0 saturated carbocycles. The molecule has 0 aromatic heterocycles. The maximum absolute atomic E-state index is 11.8. The summed E-state index contributed by atoms with van der Waals surface area (Å²) in [6.45, 7) is 3.00. The minimum absolute atomic E-state index is 0.0988. The lowest BCUT2D eigenvalue weighted by Gasteiger charge is -2.30. The van der Waals surface area contributed by atoms with Crippen LogP contribution in [-0.2, 0) is 16.4 Å². The van der Waals surface area contributed by atoms with Gasteiger partial charge in [-0.05, 0) is 31.5 Å². The second-order valence-electron chi connectivity index (χ2n) is 5.63. The summed E-state index contributed by atoms with van der Waals surface area (Å²) in [6.07, 6.45) is 1.14. The molecule has 1 rings (SSSR count). The number of nitro groups is 1. The van der Waals surface area contributed by atoms with E-state index in [1.54, 1.807) is 20.9 Å². The second kappa shape index (κ2) is 5.98. The van der Waals surface area contributed by atoms with Crippen LogP contribution in [0.4, 0.5) is 11.4 Å². The Balaban J connectivity index is 3.23. The summed E-state index contributed by atoms with van der Waals surface area (Å²) in [7, 11) is -1.72. The number of sulfone groups is 1. The maximum atomic E-state index is 11.8. The van der Waals surface area contributed by atoms with Crippen molar-refractivity contribution in [1.29, 1.82) is 0 Å².